The fourth-order valence-corrected chi connectivity index (χ4v) is 1.74. The van der Waals surface area contributed by atoms with Gasteiger partial charge in [0.1, 0.15) is 0 Å². The van der Waals surface area contributed by atoms with Gasteiger partial charge in [-0.3, -0.25) is 9.48 Å². The fraction of sp³-hybridized carbons (Fsp3) is 0.667. The van der Waals surface area contributed by atoms with Crippen LogP contribution in [0.3, 0.4) is 0 Å². The number of nitrogens with one attached hydrogen (secondary N) is 1. The second-order valence-corrected chi connectivity index (χ2v) is 4.57. The molecule has 0 saturated heterocycles. The predicted molar refractivity (Wildman–Crippen MR) is 67.7 cm³/mol. The lowest BCUT2D eigenvalue weighted by molar-refractivity contribution is -0.120. The van der Waals surface area contributed by atoms with Crippen molar-refractivity contribution in [2.45, 2.75) is 39.7 Å². The molecule has 0 aliphatic heterocycles. The number of amides is 1. The summed E-state index contributed by atoms with van der Waals surface area (Å²) in [6, 6.07) is 0.122. The van der Waals surface area contributed by atoms with Gasteiger partial charge in [-0.25, -0.2) is 0 Å². The Hall–Kier alpha value is -1.36. The summed E-state index contributed by atoms with van der Waals surface area (Å²) in [4.78, 5) is 11.7. The first kappa shape index (κ1) is 13.7. The Balaban J connectivity index is 2.51. The van der Waals surface area contributed by atoms with Crippen molar-refractivity contribution in [2.75, 3.05) is 6.54 Å². The van der Waals surface area contributed by atoms with E-state index in [9.17, 15) is 4.79 Å². The maximum atomic E-state index is 11.7. The molecule has 0 aliphatic rings. The number of nitrogens with zero attached hydrogens (tertiary/aromatic N) is 2. The molecule has 1 atom stereocenters. The smallest absolute Gasteiger partial charge is 0.224 e. The third-order valence-electron chi connectivity index (χ3n) is 2.92. The summed E-state index contributed by atoms with van der Waals surface area (Å²) in [6.07, 6.45) is 1.20. The first-order chi connectivity index (χ1) is 7.91. The van der Waals surface area contributed by atoms with Gasteiger partial charge in [-0.05, 0) is 27.2 Å². The highest BCUT2D eigenvalue weighted by Crippen LogP contribution is 2.12. The van der Waals surface area contributed by atoms with Crippen LogP contribution in [0.1, 0.15) is 30.3 Å². The molecule has 0 radical (unpaired) electrons. The minimum absolute atomic E-state index is 0.0323. The van der Waals surface area contributed by atoms with Crippen LogP contribution >= 0.6 is 0 Å². The SMILES string of the molecule is Cc1nn(C)c(C)c1CC(=O)NCCC(C)N. The number of aryl methyl sites for hydroxylation is 2. The molecule has 0 saturated carbocycles. The topological polar surface area (TPSA) is 72.9 Å². The number of hydrogen-bond acceptors (Lipinski definition) is 3. The van der Waals surface area contributed by atoms with Crippen molar-refractivity contribution >= 4 is 5.91 Å². The Kier molecular flexibility index (Phi) is 4.69. The summed E-state index contributed by atoms with van der Waals surface area (Å²) in [5.74, 6) is 0.0323. The Morgan fingerprint density at radius 2 is 2.18 bits per heavy atom. The Morgan fingerprint density at radius 3 is 2.65 bits per heavy atom. The predicted octanol–water partition coefficient (Wildman–Crippen LogP) is 0.433. The first-order valence-corrected chi connectivity index (χ1v) is 5.93. The van der Waals surface area contributed by atoms with Crippen molar-refractivity contribution in [3.63, 3.8) is 0 Å². The molecular formula is C12H22N4O. The lowest BCUT2D eigenvalue weighted by Crippen LogP contribution is -2.30. The van der Waals surface area contributed by atoms with Crippen molar-refractivity contribution in [1.82, 2.24) is 15.1 Å². The average Bonchev–Trinajstić information content (AvgIpc) is 2.44. The molecule has 1 unspecified atom stereocenters. The highest BCUT2D eigenvalue weighted by atomic mass is 16.1. The van der Waals surface area contributed by atoms with E-state index in [1.807, 2.05) is 27.8 Å². The van der Waals surface area contributed by atoms with Crippen molar-refractivity contribution in [2.24, 2.45) is 12.8 Å². The van der Waals surface area contributed by atoms with Gasteiger partial charge in [0.05, 0.1) is 12.1 Å². The lowest BCUT2D eigenvalue weighted by Gasteiger charge is -2.07. The fourth-order valence-electron chi connectivity index (χ4n) is 1.74. The number of carbonyl (C=O) groups is 1. The van der Waals surface area contributed by atoms with Crippen LogP contribution < -0.4 is 11.1 Å². The van der Waals surface area contributed by atoms with Crippen LogP contribution in [-0.2, 0) is 18.3 Å². The minimum atomic E-state index is 0.0323. The van der Waals surface area contributed by atoms with Gasteiger partial charge in [-0.1, -0.05) is 0 Å². The van der Waals surface area contributed by atoms with E-state index >= 15 is 0 Å². The zero-order chi connectivity index (χ0) is 13.0. The normalized spacial score (nSPS) is 12.5. The van der Waals surface area contributed by atoms with Gasteiger partial charge < -0.3 is 11.1 Å². The highest BCUT2D eigenvalue weighted by molar-refractivity contribution is 5.79. The van der Waals surface area contributed by atoms with E-state index in [-0.39, 0.29) is 11.9 Å². The summed E-state index contributed by atoms with van der Waals surface area (Å²) < 4.78 is 1.81. The summed E-state index contributed by atoms with van der Waals surface area (Å²) >= 11 is 0. The van der Waals surface area contributed by atoms with Gasteiger partial charge in [-0.15, -0.1) is 0 Å². The Morgan fingerprint density at radius 1 is 1.53 bits per heavy atom. The monoisotopic (exact) mass is 238 g/mol. The maximum Gasteiger partial charge on any atom is 0.224 e. The summed E-state index contributed by atoms with van der Waals surface area (Å²) in [5.41, 5.74) is 8.61. The van der Waals surface area contributed by atoms with E-state index in [0.717, 1.165) is 23.4 Å². The highest BCUT2D eigenvalue weighted by Gasteiger charge is 2.12. The second-order valence-electron chi connectivity index (χ2n) is 4.57. The number of hydrogen-bond donors (Lipinski definition) is 2. The van der Waals surface area contributed by atoms with E-state index in [2.05, 4.69) is 10.4 Å². The van der Waals surface area contributed by atoms with Crippen molar-refractivity contribution in [1.29, 1.82) is 0 Å². The zero-order valence-corrected chi connectivity index (χ0v) is 11.1. The molecular weight excluding hydrogens is 216 g/mol. The molecule has 1 aromatic rings. The molecule has 5 nitrogen and oxygen atoms in total. The largest absolute Gasteiger partial charge is 0.356 e. The second kappa shape index (κ2) is 5.82. The molecule has 0 aromatic carbocycles. The molecule has 5 heteroatoms. The van der Waals surface area contributed by atoms with Crippen LogP contribution in [0, 0.1) is 13.8 Å². The van der Waals surface area contributed by atoms with Gasteiger partial charge in [0, 0.05) is 30.9 Å². The molecule has 3 N–H and O–H groups in total. The summed E-state index contributed by atoms with van der Waals surface area (Å²) in [5, 5.41) is 7.16. The van der Waals surface area contributed by atoms with Gasteiger partial charge >= 0.3 is 0 Å². The van der Waals surface area contributed by atoms with Crippen LogP contribution in [0.5, 0.6) is 0 Å². The number of nitrogens with two attached hydrogens (primary N) is 1. The molecule has 1 rings (SSSR count). The first-order valence-electron chi connectivity index (χ1n) is 5.93. The zero-order valence-electron chi connectivity index (χ0n) is 11.1. The number of carbonyl (C=O) groups excluding carboxylic acids is 1. The Labute approximate surface area is 102 Å². The Bertz CT molecular complexity index is 395. The third kappa shape index (κ3) is 3.85. The molecule has 0 aliphatic carbocycles. The quantitative estimate of drug-likeness (QED) is 0.781. The van der Waals surface area contributed by atoms with Crippen LogP contribution in [0.15, 0.2) is 0 Å². The average molecular weight is 238 g/mol. The number of aromatic nitrogens is 2. The standard InChI is InChI=1S/C12H22N4O/c1-8(13)5-6-14-12(17)7-11-9(2)15-16(4)10(11)3/h8H,5-7,13H2,1-4H3,(H,14,17). The van der Waals surface area contributed by atoms with E-state index in [0.29, 0.717) is 13.0 Å². The van der Waals surface area contributed by atoms with E-state index < -0.39 is 0 Å². The minimum Gasteiger partial charge on any atom is -0.356 e. The molecule has 0 spiro atoms. The van der Waals surface area contributed by atoms with Gasteiger partial charge in [-0.2, -0.15) is 5.10 Å². The molecule has 1 heterocycles. The van der Waals surface area contributed by atoms with Crippen LogP contribution in [0.25, 0.3) is 0 Å². The number of rotatable bonds is 5. The lowest BCUT2D eigenvalue weighted by atomic mass is 10.1. The molecule has 0 bridgehead atoms. The summed E-state index contributed by atoms with van der Waals surface area (Å²) in [7, 11) is 1.89. The molecule has 17 heavy (non-hydrogen) atoms. The third-order valence-corrected chi connectivity index (χ3v) is 2.92. The van der Waals surface area contributed by atoms with Crippen molar-refractivity contribution < 1.29 is 4.79 Å². The van der Waals surface area contributed by atoms with Gasteiger partial charge in [0.25, 0.3) is 0 Å². The van der Waals surface area contributed by atoms with E-state index in [4.69, 9.17) is 5.73 Å². The van der Waals surface area contributed by atoms with Crippen molar-refractivity contribution in [3.05, 3.63) is 17.0 Å². The van der Waals surface area contributed by atoms with Crippen LogP contribution in [0.2, 0.25) is 0 Å². The van der Waals surface area contributed by atoms with Crippen molar-refractivity contribution in [3.8, 4) is 0 Å². The van der Waals surface area contributed by atoms with E-state index in [1.54, 1.807) is 4.68 Å². The molecule has 1 aromatic heterocycles. The van der Waals surface area contributed by atoms with E-state index in [1.165, 1.54) is 0 Å². The van der Waals surface area contributed by atoms with Crippen LogP contribution in [-0.4, -0.2) is 28.3 Å². The molecule has 0 fully saturated rings. The molecule has 96 valence electrons. The van der Waals surface area contributed by atoms with Gasteiger partial charge in [0.2, 0.25) is 5.91 Å². The van der Waals surface area contributed by atoms with Crippen LogP contribution in [0.4, 0.5) is 0 Å². The maximum absolute atomic E-state index is 11.7. The summed E-state index contributed by atoms with van der Waals surface area (Å²) in [6.45, 7) is 6.47. The van der Waals surface area contributed by atoms with Gasteiger partial charge in [0.15, 0.2) is 0 Å². The molecule has 1 amide bonds.